The van der Waals surface area contributed by atoms with Crippen molar-refractivity contribution < 1.29 is 13.2 Å². The number of nitrogens with one attached hydrogen (secondary N) is 1. The standard InChI is InChI=1S/C16H24N2O3S/c1-12(19)17-14-7-4-6-13(10-14)11-18(2)15-8-5-9-16(15)22(3,20)21/h4,6-7,10,15-16H,5,8-9,11H2,1-3H3,(H,17,19)/t15-,16-/m1/s1. The van der Waals surface area contributed by atoms with E-state index in [0.717, 1.165) is 30.5 Å². The minimum atomic E-state index is -3.01. The molecular formula is C16H24N2O3S. The molecule has 22 heavy (non-hydrogen) atoms. The van der Waals surface area contributed by atoms with Gasteiger partial charge >= 0.3 is 0 Å². The minimum absolute atomic E-state index is 0.0689. The van der Waals surface area contributed by atoms with E-state index in [0.29, 0.717) is 6.54 Å². The SMILES string of the molecule is CC(=O)Nc1cccc(CN(C)[C@@H]2CCC[C@H]2S(C)(=O)=O)c1. The predicted molar refractivity (Wildman–Crippen MR) is 88.5 cm³/mol. The van der Waals surface area contributed by atoms with Gasteiger partial charge in [-0.1, -0.05) is 18.6 Å². The van der Waals surface area contributed by atoms with Crippen molar-refractivity contribution in [1.82, 2.24) is 4.90 Å². The van der Waals surface area contributed by atoms with Crippen LogP contribution in [-0.2, 0) is 21.2 Å². The molecule has 6 heteroatoms. The van der Waals surface area contributed by atoms with E-state index in [9.17, 15) is 13.2 Å². The van der Waals surface area contributed by atoms with E-state index in [-0.39, 0.29) is 17.2 Å². The van der Waals surface area contributed by atoms with Crippen LogP contribution < -0.4 is 5.32 Å². The van der Waals surface area contributed by atoms with Crippen molar-refractivity contribution in [3.63, 3.8) is 0 Å². The molecule has 0 saturated heterocycles. The molecule has 0 heterocycles. The van der Waals surface area contributed by atoms with Gasteiger partial charge in [-0.25, -0.2) is 8.42 Å². The summed E-state index contributed by atoms with van der Waals surface area (Å²) < 4.78 is 23.8. The number of sulfone groups is 1. The summed E-state index contributed by atoms with van der Waals surface area (Å²) in [5, 5.41) is 2.50. The highest BCUT2D eigenvalue weighted by Gasteiger charge is 2.36. The first-order valence-corrected chi connectivity index (χ1v) is 9.48. The maximum Gasteiger partial charge on any atom is 0.221 e. The third kappa shape index (κ3) is 4.30. The molecule has 2 rings (SSSR count). The van der Waals surface area contributed by atoms with Gasteiger partial charge in [0.25, 0.3) is 0 Å². The van der Waals surface area contributed by atoms with Crippen LogP contribution in [0.25, 0.3) is 0 Å². The Kier molecular flexibility index (Phi) is 5.24. The molecule has 0 aromatic heterocycles. The van der Waals surface area contributed by atoms with Gasteiger partial charge in [-0.2, -0.15) is 0 Å². The van der Waals surface area contributed by atoms with E-state index in [1.807, 2.05) is 31.3 Å². The van der Waals surface area contributed by atoms with Crippen molar-refractivity contribution in [2.75, 3.05) is 18.6 Å². The molecule has 0 bridgehead atoms. The number of hydrogen-bond donors (Lipinski definition) is 1. The average molecular weight is 324 g/mol. The van der Waals surface area contributed by atoms with Crippen LogP contribution in [-0.4, -0.2) is 43.8 Å². The molecule has 1 fully saturated rings. The van der Waals surface area contributed by atoms with Crippen molar-refractivity contribution >= 4 is 21.4 Å². The second kappa shape index (κ2) is 6.79. The first kappa shape index (κ1) is 17.0. The summed E-state index contributed by atoms with van der Waals surface area (Å²) in [5.74, 6) is -0.0987. The summed E-state index contributed by atoms with van der Waals surface area (Å²) in [6.07, 6.45) is 3.96. The summed E-state index contributed by atoms with van der Waals surface area (Å²) in [7, 11) is -1.04. The number of amides is 1. The van der Waals surface area contributed by atoms with E-state index in [4.69, 9.17) is 0 Å². The Bertz CT molecular complexity index is 643. The fourth-order valence-electron chi connectivity index (χ4n) is 3.27. The zero-order chi connectivity index (χ0) is 16.3. The van der Waals surface area contributed by atoms with Gasteiger partial charge in [0.2, 0.25) is 5.91 Å². The van der Waals surface area contributed by atoms with Crippen LogP contribution in [0.4, 0.5) is 5.69 Å². The molecule has 0 aliphatic heterocycles. The normalized spacial score (nSPS) is 22.0. The van der Waals surface area contributed by atoms with E-state index >= 15 is 0 Å². The lowest BCUT2D eigenvalue weighted by Crippen LogP contribution is -2.40. The number of rotatable bonds is 5. The van der Waals surface area contributed by atoms with E-state index < -0.39 is 9.84 Å². The van der Waals surface area contributed by atoms with Crippen LogP contribution in [0, 0.1) is 0 Å². The highest BCUT2D eigenvalue weighted by Crippen LogP contribution is 2.29. The summed E-state index contributed by atoms with van der Waals surface area (Å²) >= 11 is 0. The van der Waals surface area contributed by atoms with Crippen LogP contribution in [0.2, 0.25) is 0 Å². The molecule has 0 spiro atoms. The zero-order valence-electron chi connectivity index (χ0n) is 13.4. The molecule has 1 saturated carbocycles. The third-order valence-electron chi connectivity index (χ3n) is 4.21. The van der Waals surface area contributed by atoms with Gasteiger partial charge in [0, 0.05) is 31.5 Å². The molecule has 5 nitrogen and oxygen atoms in total. The van der Waals surface area contributed by atoms with Crippen LogP contribution in [0.3, 0.4) is 0 Å². The monoisotopic (exact) mass is 324 g/mol. The highest BCUT2D eigenvalue weighted by molar-refractivity contribution is 7.91. The van der Waals surface area contributed by atoms with Crippen molar-refractivity contribution in [3.8, 4) is 0 Å². The smallest absolute Gasteiger partial charge is 0.221 e. The maximum absolute atomic E-state index is 11.9. The molecular weight excluding hydrogens is 300 g/mol. The largest absolute Gasteiger partial charge is 0.326 e. The van der Waals surface area contributed by atoms with Crippen LogP contribution >= 0.6 is 0 Å². The van der Waals surface area contributed by atoms with Gasteiger partial charge < -0.3 is 5.32 Å². The molecule has 122 valence electrons. The van der Waals surface area contributed by atoms with Gasteiger partial charge in [0.15, 0.2) is 9.84 Å². The van der Waals surface area contributed by atoms with Gasteiger partial charge in [-0.05, 0) is 37.6 Å². The molecule has 1 aliphatic rings. The Morgan fingerprint density at radius 3 is 2.73 bits per heavy atom. The molecule has 1 N–H and O–H groups in total. The molecule has 0 radical (unpaired) electrons. The average Bonchev–Trinajstić information content (AvgIpc) is 2.87. The molecule has 1 aromatic carbocycles. The van der Waals surface area contributed by atoms with Crippen LogP contribution in [0.1, 0.15) is 31.7 Å². The Morgan fingerprint density at radius 2 is 2.09 bits per heavy atom. The molecule has 0 unspecified atom stereocenters. The fourth-order valence-corrected chi connectivity index (χ4v) is 4.78. The molecule has 1 aliphatic carbocycles. The summed E-state index contributed by atoms with van der Waals surface area (Å²) in [6, 6.07) is 7.74. The topological polar surface area (TPSA) is 66.5 Å². The quantitative estimate of drug-likeness (QED) is 0.900. The van der Waals surface area contributed by atoms with Crippen molar-refractivity contribution in [3.05, 3.63) is 29.8 Å². The summed E-state index contributed by atoms with van der Waals surface area (Å²) in [4.78, 5) is 13.2. The van der Waals surface area contributed by atoms with Crippen molar-refractivity contribution in [2.45, 2.75) is 44.0 Å². The maximum atomic E-state index is 11.9. The lowest BCUT2D eigenvalue weighted by molar-refractivity contribution is -0.114. The Morgan fingerprint density at radius 1 is 1.36 bits per heavy atom. The van der Waals surface area contributed by atoms with E-state index in [1.165, 1.54) is 13.2 Å². The Balaban J connectivity index is 2.08. The molecule has 2 atom stereocenters. The number of anilines is 1. The van der Waals surface area contributed by atoms with Gasteiger partial charge in [0.1, 0.15) is 0 Å². The predicted octanol–water partition coefficient (Wildman–Crippen LogP) is 2.04. The van der Waals surface area contributed by atoms with Crippen molar-refractivity contribution in [2.24, 2.45) is 0 Å². The van der Waals surface area contributed by atoms with Gasteiger partial charge in [-0.3, -0.25) is 9.69 Å². The van der Waals surface area contributed by atoms with Crippen LogP contribution in [0.15, 0.2) is 24.3 Å². The Labute approximate surface area is 132 Å². The number of benzene rings is 1. The molecule has 1 amide bonds. The number of hydrogen-bond acceptors (Lipinski definition) is 4. The second-order valence-corrected chi connectivity index (χ2v) is 8.43. The second-order valence-electron chi connectivity index (χ2n) is 6.16. The zero-order valence-corrected chi connectivity index (χ0v) is 14.2. The van der Waals surface area contributed by atoms with Gasteiger partial charge in [0.05, 0.1) is 5.25 Å². The minimum Gasteiger partial charge on any atom is -0.326 e. The number of carbonyl (C=O) groups is 1. The fraction of sp³-hybridized carbons (Fsp3) is 0.562. The lowest BCUT2D eigenvalue weighted by Gasteiger charge is -2.28. The number of carbonyl (C=O) groups excluding carboxylic acids is 1. The van der Waals surface area contributed by atoms with Gasteiger partial charge in [-0.15, -0.1) is 0 Å². The van der Waals surface area contributed by atoms with Crippen LogP contribution in [0.5, 0.6) is 0 Å². The van der Waals surface area contributed by atoms with Crippen molar-refractivity contribution in [1.29, 1.82) is 0 Å². The first-order valence-electron chi connectivity index (χ1n) is 7.53. The highest BCUT2D eigenvalue weighted by atomic mass is 32.2. The molecule has 1 aromatic rings. The first-order chi connectivity index (χ1) is 10.3. The van der Waals surface area contributed by atoms with E-state index in [1.54, 1.807) is 0 Å². The third-order valence-corrected chi connectivity index (χ3v) is 5.86. The lowest BCUT2D eigenvalue weighted by atomic mass is 10.1. The number of nitrogens with zero attached hydrogens (tertiary/aromatic N) is 1. The van der Waals surface area contributed by atoms with E-state index in [2.05, 4.69) is 10.2 Å². The summed E-state index contributed by atoms with van der Waals surface area (Å²) in [6.45, 7) is 2.15. The Hall–Kier alpha value is -1.40. The summed E-state index contributed by atoms with van der Waals surface area (Å²) in [5.41, 5.74) is 1.83.